The van der Waals surface area contributed by atoms with Crippen molar-refractivity contribution in [2.45, 2.75) is 5.92 Å². The summed E-state index contributed by atoms with van der Waals surface area (Å²) >= 11 is 0. The third kappa shape index (κ3) is 4.82. The third-order valence-corrected chi connectivity index (χ3v) is 4.00. The number of hydrogen-bond donors (Lipinski definition) is 2. The normalized spacial score (nSPS) is 11.2. The van der Waals surface area contributed by atoms with E-state index in [4.69, 9.17) is 0 Å². The molecule has 0 atom stereocenters. The lowest BCUT2D eigenvalue weighted by Gasteiger charge is -2.17. The van der Waals surface area contributed by atoms with Crippen LogP contribution in [0.3, 0.4) is 0 Å². The molecular formula is C20H11F6N3O2. The minimum atomic E-state index is -4.43. The number of nitrogens with one attached hydrogen (secondary N) is 2. The molecule has 31 heavy (non-hydrogen) atoms. The Labute approximate surface area is 170 Å². The number of anilines is 2. The smallest absolute Gasteiger partial charge is 0.322 e. The van der Waals surface area contributed by atoms with Gasteiger partial charge in [-0.05, 0) is 42.5 Å². The molecule has 5 nitrogen and oxygen atoms in total. The molecule has 0 saturated heterocycles. The van der Waals surface area contributed by atoms with Crippen molar-refractivity contribution in [1.29, 1.82) is 0 Å². The van der Waals surface area contributed by atoms with Crippen LogP contribution in [-0.4, -0.2) is 16.8 Å². The highest BCUT2D eigenvalue weighted by atomic mass is 19.3. The van der Waals surface area contributed by atoms with Crippen molar-refractivity contribution in [3.63, 3.8) is 0 Å². The summed E-state index contributed by atoms with van der Waals surface area (Å²) in [6.45, 7) is 0. The van der Waals surface area contributed by atoms with Gasteiger partial charge in [0.15, 0.2) is 11.6 Å². The van der Waals surface area contributed by atoms with Gasteiger partial charge in [-0.25, -0.2) is 22.5 Å². The first-order valence-corrected chi connectivity index (χ1v) is 8.45. The van der Waals surface area contributed by atoms with Crippen LogP contribution in [0.25, 0.3) is 0 Å². The van der Waals surface area contributed by atoms with Crippen molar-refractivity contribution in [2.24, 2.45) is 0 Å². The maximum absolute atomic E-state index is 14.6. The molecule has 0 aliphatic rings. The quantitative estimate of drug-likeness (QED) is 0.570. The van der Waals surface area contributed by atoms with E-state index in [1.54, 1.807) is 5.32 Å². The minimum Gasteiger partial charge on any atom is -0.322 e. The fourth-order valence-electron chi connectivity index (χ4n) is 2.45. The Bertz CT molecular complexity index is 1150. The number of halogens is 6. The standard InChI is InChI=1S/C20H11F6N3O2/c21-11-2-6-17(27-9-11)29-19(31)20(25,26)13-7-10(1-4-14(13)22)18(30)28-12-3-5-15(23)16(24)8-12/h1-9H,(H,28,30)(H,27,29,31). The zero-order valence-corrected chi connectivity index (χ0v) is 15.2. The van der Waals surface area contributed by atoms with E-state index in [0.29, 0.717) is 24.4 Å². The number of hydrogen-bond acceptors (Lipinski definition) is 3. The van der Waals surface area contributed by atoms with E-state index in [1.165, 1.54) is 0 Å². The van der Waals surface area contributed by atoms with Gasteiger partial charge >= 0.3 is 11.8 Å². The fourth-order valence-corrected chi connectivity index (χ4v) is 2.45. The van der Waals surface area contributed by atoms with Crippen LogP contribution in [0.5, 0.6) is 0 Å². The molecule has 2 aromatic carbocycles. The van der Waals surface area contributed by atoms with Crippen molar-refractivity contribution in [3.05, 3.63) is 89.1 Å². The number of carbonyl (C=O) groups is 2. The molecule has 0 spiro atoms. The average Bonchev–Trinajstić information content (AvgIpc) is 2.72. The molecule has 2 N–H and O–H groups in total. The van der Waals surface area contributed by atoms with Crippen LogP contribution in [0.4, 0.5) is 37.8 Å². The van der Waals surface area contributed by atoms with Crippen molar-refractivity contribution >= 4 is 23.3 Å². The van der Waals surface area contributed by atoms with Crippen molar-refractivity contribution in [1.82, 2.24) is 4.98 Å². The highest BCUT2D eigenvalue weighted by Crippen LogP contribution is 2.32. The lowest BCUT2D eigenvalue weighted by atomic mass is 10.0. The molecule has 0 radical (unpaired) electrons. The molecule has 0 aliphatic heterocycles. The highest BCUT2D eigenvalue weighted by Gasteiger charge is 2.44. The molecule has 0 fully saturated rings. The summed E-state index contributed by atoms with van der Waals surface area (Å²) < 4.78 is 82.2. The van der Waals surface area contributed by atoms with E-state index >= 15 is 0 Å². The van der Waals surface area contributed by atoms with Crippen molar-refractivity contribution in [3.8, 4) is 0 Å². The van der Waals surface area contributed by atoms with Gasteiger partial charge in [-0.1, -0.05) is 0 Å². The number of amides is 2. The Morgan fingerprint density at radius 3 is 2.16 bits per heavy atom. The van der Waals surface area contributed by atoms with Crippen LogP contribution < -0.4 is 10.6 Å². The largest absolute Gasteiger partial charge is 0.352 e. The maximum Gasteiger partial charge on any atom is 0.352 e. The monoisotopic (exact) mass is 439 g/mol. The summed E-state index contributed by atoms with van der Waals surface area (Å²) in [5.41, 5.74) is -2.07. The van der Waals surface area contributed by atoms with E-state index in [1.807, 2.05) is 0 Å². The second-order valence-corrected chi connectivity index (χ2v) is 6.17. The number of carbonyl (C=O) groups excluding carboxylic acids is 2. The van der Waals surface area contributed by atoms with Crippen LogP contribution in [0, 0.1) is 23.3 Å². The summed E-state index contributed by atoms with van der Waals surface area (Å²) in [5, 5.41) is 3.86. The predicted molar refractivity (Wildman–Crippen MR) is 97.4 cm³/mol. The van der Waals surface area contributed by atoms with Gasteiger partial charge < -0.3 is 10.6 Å². The Morgan fingerprint density at radius 2 is 1.52 bits per heavy atom. The van der Waals surface area contributed by atoms with Gasteiger partial charge in [0.05, 0.1) is 11.8 Å². The Morgan fingerprint density at radius 1 is 0.806 bits per heavy atom. The molecule has 0 aliphatic carbocycles. The van der Waals surface area contributed by atoms with Gasteiger partial charge in [0.25, 0.3) is 5.91 Å². The molecule has 160 valence electrons. The molecule has 1 heterocycles. The summed E-state index contributed by atoms with van der Waals surface area (Å²) in [5.74, 6) is -12.5. The van der Waals surface area contributed by atoms with Gasteiger partial charge in [0.1, 0.15) is 17.5 Å². The highest BCUT2D eigenvalue weighted by molar-refractivity contribution is 6.04. The maximum atomic E-state index is 14.6. The SMILES string of the molecule is O=C(Nc1ccc(F)c(F)c1)c1ccc(F)c(C(F)(F)C(=O)Nc2ccc(F)cn2)c1. The first kappa shape index (κ1) is 21.8. The summed E-state index contributed by atoms with van der Waals surface area (Å²) in [6, 6.07) is 6.07. The van der Waals surface area contributed by atoms with E-state index in [2.05, 4.69) is 10.3 Å². The summed E-state index contributed by atoms with van der Waals surface area (Å²) in [7, 11) is 0. The number of benzene rings is 2. The molecule has 0 unspecified atom stereocenters. The Hall–Kier alpha value is -3.89. The van der Waals surface area contributed by atoms with Crippen LogP contribution in [-0.2, 0) is 10.7 Å². The molecule has 0 saturated carbocycles. The third-order valence-electron chi connectivity index (χ3n) is 4.00. The second-order valence-electron chi connectivity index (χ2n) is 6.17. The van der Waals surface area contributed by atoms with Crippen molar-refractivity contribution in [2.75, 3.05) is 10.6 Å². The molecule has 3 aromatic rings. The van der Waals surface area contributed by atoms with Gasteiger partial charge in [0.2, 0.25) is 0 Å². The first-order valence-electron chi connectivity index (χ1n) is 8.45. The summed E-state index contributed by atoms with van der Waals surface area (Å²) in [6.07, 6.45) is 0.678. The van der Waals surface area contributed by atoms with Gasteiger partial charge in [-0.3, -0.25) is 9.59 Å². The zero-order chi connectivity index (χ0) is 22.8. The van der Waals surface area contributed by atoms with Gasteiger partial charge in [-0.15, -0.1) is 0 Å². The molecule has 2 amide bonds. The van der Waals surface area contributed by atoms with Crippen molar-refractivity contribution < 1.29 is 35.9 Å². The molecule has 0 bridgehead atoms. The van der Waals surface area contributed by atoms with Gasteiger partial charge in [0, 0.05) is 17.3 Å². The number of rotatable bonds is 5. The Kier molecular flexibility index (Phi) is 5.95. The summed E-state index contributed by atoms with van der Waals surface area (Å²) in [4.78, 5) is 27.6. The lowest BCUT2D eigenvalue weighted by Crippen LogP contribution is -2.33. The number of aromatic nitrogens is 1. The van der Waals surface area contributed by atoms with Gasteiger partial charge in [-0.2, -0.15) is 8.78 Å². The molecule has 11 heteroatoms. The molecule has 3 rings (SSSR count). The van der Waals surface area contributed by atoms with E-state index in [0.717, 1.165) is 30.3 Å². The zero-order valence-electron chi connectivity index (χ0n) is 15.2. The predicted octanol–water partition coefficient (Wildman–Crippen LogP) is 4.62. The first-order chi connectivity index (χ1) is 14.6. The number of nitrogens with zero attached hydrogens (tertiary/aromatic N) is 1. The van der Waals surface area contributed by atoms with Crippen LogP contribution in [0.1, 0.15) is 15.9 Å². The fraction of sp³-hybridized carbons (Fsp3) is 0.0500. The topological polar surface area (TPSA) is 71.1 Å². The average molecular weight is 439 g/mol. The lowest BCUT2D eigenvalue weighted by molar-refractivity contribution is -0.141. The minimum absolute atomic E-state index is 0.179. The molecular weight excluding hydrogens is 428 g/mol. The number of pyridine rings is 1. The van der Waals surface area contributed by atoms with E-state index in [-0.39, 0.29) is 5.69 Å². The number of alkyl halides is 2. The van der Waals surface area contributed by atoms with E-state index in [9.17, 15) is 35.9 Å². The van der Waals surface area contributed by atoms with E-state index < -0.39 is 58.0 Å². The van der Waals surface area contributed by atoms with Crippen LogP contribution in [0.15, 0.2) is 54.7 Å². The Balaban J connectivity index is 1.84. The second kappa shape index (κ2) is 8.46. The van der Waals surface area contributed by atoms with Crippen LogP contribution in [0.2, 0.25) is 0 Å². The van der Waals surface area contributed by atoms with Crippen LogP contribution >= 0.6 is 0 Å². The molecule has 1 aromatic heterocycles.